The first-order chi connectivity index (χ1) is 15.0. The van der Waals surface area contributed by atoms with Gasteiger partial charge in [-0.2, -0.15) is 5.10 Å². The lowest BCUT2D eigenvalue weighted by Gasteiger charge is -2.09. The van der Waals surface area contributed by atoms with Crippen LogP contribution in [0, 0.1) is 10.1 Å². The van der Waals surface area contributed by atoms with Crippen LogP contribution in [0.4, 0.5) is 5.69 Å². The van der Waals surface area contributed by atoms with E-state index in [4.69, 9.17) is 4.74 Å². The van der Waals surface area contributed by atoms with Gasteiger partial charge in [0.15, 0.2) is 0 Å². The smallest absolute Gasteiger partial charge is 0.340 e. The molecule has 0 aliphatic rings. The van der Waals surface area contributed by atoms with Gasteiger partial charge in [-0.15, -0.1) is 0 Å². The molecule has 3 aromatic carbocycles. The molecule has 8 heteroatoms. The van der Waals surface area contributed by atoms with Gasteiger partial charge in [-0.3, -0.25) is 10.1 Å². The number of aromatic carboxylic acids is 1. The lowest BCUT2D eigenvalue weighted by molar-refractivity contribution is -0.384. The average Bonchev–Trinajstić information content (AvgIpc) is 3.21. The number of nitro groups is 1. The maximum absolute atomic E-state index is 12.3. The summed E-state index contributed by atoms with van der Waals surface area (Å²) in [5.41, 5.74) is 2.34. The molecule has 0 spiro atoms. The third-order valence-corrected chi connectivity index (χ3v) is 4.82. The van der Waals surface area contributed by atoms with E-state index in [9.17, 15) is 20.0 Å². The quantitative estimate of drug-likeness (QED) is 0.357. The van der Waals surface area contributed by atoms with Crippen molar-refractivity contribution in [2.75, 3.05) is 7.11 Å². The highest BCUT2D eigenvalue weighted by Crippen LogP contribution is 2.35. The van der Waals surface area contributed by atoms with Crippen molar-refractivity contribution >= 4 is 11.7 Å². The highest BCUT2D eigenvalue weighted by atomic mass is 16.6. The molecule has 1 heterocycles. The summed E-state index contributed by atoms with van der Waals surface area (Å²) >= 11 is 0. The van der Waals surface area contributed by atoms with Gasteiger partial charge in [0.05, 0.1) is 23.4 Å². The number of carboxylic acid groups (broad SMARTS) is 1. The molecule has 0 fully saturated rings. The number of carbonyl (C=O) groups is 1. The van der Waals surface area contributed by atoms with Gasteiger partial charge in [0.1, 0.15) is 17.0 Å². The first-order valence-corrected chi connectivity index (χ1v) is 9.30. The van der Waals surface area contributed by atoms with Crippen molar-refractivity contribution in [3.05, 3.63) is 94.5 Å². The minimum Gasteiger partial charge on any atom is -0.497 e. The Bertz CT molecular complexity index is 1250. The third kappa shape index (κ3) is 3.74. The van der Waals surface area contributed by atoms with Crippen molar-refractivity contribution in [1.29, 1.82) is 0 Å². The minimum atomic E-state index is -1.15. The fraction of sp³-hybridized carbons (Fsp3) is 0.0435. The summed E-state index contributed by atoms with van der Waals surface area (Å²) < 4.78 is 6.77. The molecule has 0 unspecified atom stereocenters. The molecular weight excluding hydrogens is 398 g/mol. The molecule has 4 rings (SSSR count). The van der Waals surface area contributed by atoms with Gasteiger partial charge in [0.25, 0.3) is 5.69 Å². The molecule has 1 N–H and O–H groups in total. The molecule has 0 aliphatic heterocycles. The van der Waals surface area contributed by atoms with Gasteiger partial charge < -0.3 is 9.84 Å². The zero-order valence-electron chi connectivity index (χ0n) is 16.4. The average molecular weight is 415 g/mol. The second-order valence-corrected chi connectivity index (χ2v) is 6.66. The van der Waals surface area contributed by atoms with Gasteiger partial charge in [-0.05, 0) is 36.4 Å². The number of nitro benzene ring substituents is 1. The van der Waals surface area contributed by atoms with E-state index in [1.165, 1.54) is 24.3 Å². The van der Waals surface area contributed by atoms with E-state index in [-0.39, 0.29) is 16.9 Å². The number of rotatable bonds is 6. The van der Waals surface area contributed by atoms with Crippen LogP contribution in [0.25, 0.3) is 28.2 Å². The molecule has 0 aliphatic carbocycles. The first-order valence-electron chi connectivity index (χ1n) is 9.30. The topological polar surface area (TPSA) is 107 Å². The van der Waals surface area contributed by atoms with E-state index in [1.54, 1.807) is 36.1 Å². The molecule has 0 saturated heterocycles. The molecule has 0 amide bonds. The van der Waals surface area contributed by atoms with Crippen LogP contribution in [0.5, 0.6) is 5.75 Å². The Kier molecular flexibility index (Phi) is 5.19. The predicted molar refractivity (Wildman–Crippen MR) is 115 cm³/mol. The van der Waals surface area contributed by atoms with Crippen molar-refractivity contribution in [3.8, 4) is 34.0 Å². The number of methoxy groups -OCH3 is 1. The van der Waals surface area contributed by atoms with Gasteiger partial charge in [-0.25, -0.2) is 9.48 Å². The van der Waals surface area contributed by atoms with Crippen molar-refractivity contribution < 1.29 is 19.6 Å². The van der Waals surface area contributed by atoms with E-state index >= 15 is 0 Å². The summed E-state index contributed by atoms with van der Waals surface area (Å²) in [6, 6.07) is 21.8. The van der Waals surface area contributed by atoms with E-state index < -0.39 is 10.9 Å². The standard InChI is InChI=1S/C23H17N3O5/c1-31-19-13-11-17(12-14-19)25-22(16-5-3-2-4-6-16)20(23(27)28)21(24-25)15-7-9-18(10-8-15)26(29)30/h2-14H,1H3,(H,27,28). The Balaban J connectivity index is 1.98. The summed E-state index contributed by atoms with van der Waals surface area (Å²) in [6.45, 7) is 0. The molecule has 0 saturated carbocycles. The number of carboxylic acids is 1. The zero-order chi connectivity index (χ0) is 22.0. The van der Waals surface area contributed by atoms with E-state index in [1.807, 2.05) is 30.3 Å². The molecule has 1 aromatic heterocycles. The number of benzene rings is 3. The molecule has 154 valence electrons. The number of hydrogen-bond donors (Lipinski definition) is 1. The summed E-state index contributed by atoms with van der Waals surface area (Å²) in [6.07, 6.45) is 0. The largest absolute Gasteiger partial charge is 0.497 e. The van der Waals surface area contributed by atoms with Gasteiger partial charge in [-0.1, -0.05) is 30.3 Å². The summed E-state index contributed by atoms with van der Waals surface area (Å²) in [7, 11) is 1.56. The van der Waals surface area contributed by atoms with Crippen LogP contribution in [0.3, 0.4) is 0 Å². The van der Waals surface area contributed by atoms with Crippen LogP contribution in [0.2, 0.25) is 0 Å². The van der Waals surface area contributed by atoms with Crippen LogP contribution in [-0.2, 0) is 0 Å². The fourth-order valence-corrected chi connectivity index (χ4v) is 3.34. The molecular formula is C23H17N3O5. The Morgan fingerprint density at radius 1 is 0.968 bits per heavy atom. The van der Waals surface area contributed by atoms with Gasteiger partial charge in [0, 0.05) is 23.3 Å². The lowest BCUT2D eigenvalue weighted by Crippen LogP contribution is -2.03. The molecule has 0 atom stereocenters. The van der Waals surface area contributed by atoms with Crippen molar-refractivity contribution in [2.24, 2.45) is 0 Å². The number of nitrogens with zero attached hydrogens (tertiary/aromatic N) is 3. The number of non-ortho nitro benzene ring substituents is 1. The Labute approximate surface area is 177 Å². The Morgan fingerprint density at radius 2 is 1.61 bits per heavy atom. The van der Waals surface area contributed by atoms with Gasteiger partial charge >= 0.3 is 5.97 Å². The van der Waals surface area contributed by atoms with Crippen LogP contribution >= 0.6 is 0 Å². The summed E-state index contributed by atoms with van der Waals surface area (Å²) in [5, 5.41) is 25.7. The highest BCUT2D eigenvalue weighted by molar-refractivity contribution is 6.02. The number of hydrogen-bond acceptors (Lipinski definition) is 5. The molecule has 0 radical (unpaired) electrons. The maximum Gasteiger partial charge on any atom is 0.340 e. The zero-order valence-corrected chi connectivity index (χ0v) is 16.4. The van der Waals surface area contributed by atoms with Crippen LogP contribution in [-0.4, -0.2) is 32.9 Å². The molecule has 31 heavy (non-hydrogen) atoms. The van der Waals surface area contributed by atoms with E-state index in [0.717, 1.165) is 0 Å². The Hall–Kier alpha value is -4.46. The Morgan fingerprint density at radius 3 is 2.16 bits per heavy atom. The number of aromatic nitrogens is 2. The monoisotopic (exact) mass is 415 g/mol. The molecule has 8 nitrogen and oxygen atoms in total. The van der Waals surface area contributed by atoms with Crippen molar-refractivity contribution in [1.82, 2.24) is 9.78 Å². The third-order valence-electron chi connectivity index (χ3n) is 4.82. The fourth-order valence-electron chi connectivity index (χ4n) is 3.34. The first kappa shape index (κ1) is 19.8. The van der Waals surface area contributed by atoms with E-state index in [0.29, 0.717) is 28.3 Å². The predicted octanol–water partition coefficient (Wildman–Crippen LogP) is 4.82. The lowest BCUT2D eigenvalue weighted by atomic mass is 10.0. The highest BCUT2D eigenvalue weighted by Gasteiger charge is 2.26. The molecule has 0 bridgehead atoms. The van der Waals surface area contributed by atoms with Crippen LogP contribution in [0.1, 0.15) is 10.4 Å². The summed E-state index contributed by atoms with van der Waals surface area (Å²) in [5.74, 6) is -0.488. The van der Waals surface area contributed by atoms with Crippen LogP contribution < -0.4 is 4.74 Å². The second-order valence-electron chi connectivity index (χ2n) is 6.66. The minimum absolute atomic E-state index is 0.0101. The van der Waals surface area contributed by atoms with Crippen molar-refractivity contribution in [2.45, 2.75) is 0 Å². The molecule has 4 aromatic rings. The SMILES string of the molecule is COc1ccc(-n2nc(-c3ccc([N+](=O)[O-])cc3)c(C(=O)O)c2-c2ccccc2)cc1. The second kappa shape index (κ2) is 8.11. The van der Waals surface area contributed by atoms with Crippen molar-refractivity contribution in [3.63, 3.8) is 0 Å². The maximum atomic E-state index is 12.3. The van der Waals surface area contributed by atoms with E-state index in [2.05, 4.69) is 5.10 Å². The number of ether oxygens (including phenoxy) is 1. The van der Waals surface area contributed by atoms with Crippen LogP contribution in [0.15, 0.2) is 78.9 Å². The normalized spacial score (nSPS) is 10.6. The van der Waals surface area contributed by atoms with Gasteiger partial charge in [0.2, 0.25) is 0 Å². The summed E-state index contributed by atoms with van der Waals surface area (Å²) in [4.78, 5) is 22.8.